The van der Waals surface area contributed by atoms with Gasteiger partial charge in [0.25, 0.3) is 11.5 Å². The summed E-state index contributed by atoms with van der Waals surface area (Å²) < 4.78 is 0. The summed E-state index contributed by atoms with van der Waals surface area (Å²) >= 11 is 0. The molecule has 1 unspecified atom stereocenters. The molecule has 3 aromatic rings. The highest BCUT2D eigenvalue weighted by Crippen LogP contribution is 2.41. The number of rotatable bonds is 4. The van der Waals surface area contributed by atoms with Gasteiger partial charge in [-0.1, -0.05) is 30.3 Å². The fourth-order valence-corrected chi connectivity index (χ4v) is 3.30. The van der Waals surface area contributed by atoms with Crippen LogP contribution >= 0.6 is 0 Å². The Hall–Kier alpha value is -4.40. The van der Waals surface area contributed by atoms with Crippen LogP contribution in [0.1, 0.15) is 17.2 Å². The number of nitro groups is 1. The van der Waals surface area contributed by atoms with E-state index in [1.165, 1.54) is 36.7 Å². The van der Waals surface area contributed by atoms with Gasteiger partial charge in [-0.2, -0.15) is 0 Å². The lowest BCUT2D eigenvalue weighted by molar-refractivity contribution is -0.384. The number of non-ortho nitro benzene ring substituents is 1. The quantitative estimate of drug-likeness (QED) is 0.234. The molecule has 4 rings (SSSR count). The summed E-state index contributed by atoms with van der Waals surface area (Å²) in [7, 11) is 0. The minimum absolute atomic E-state index is 0.0185. The third kappa shape index (κ3) is 3.18. The van der Waals surface area contributed by atoms with Crippen LogP contribution in [0, 0.1) is 10.1 Å². The molecule has 1 atom stereocenters. The van der Waals surface area contributed by atoms with Crippen LogP contribution in [0.15, 0.2) is 78.6 Å². The SMILES string of the molecule is O=C1C(=O)N(c2ncccn2)C(c2ccc([N+](=O)[O-])cc2)/C1=C(/O)c1ccccc1. The number of nitro benzene ring substituents is 1. The molecule has 9 nitrogen and oxygen atoms in total. The second-order valence-corrected chi connectivity index (χ2v) is 6.43. The van der Waals surface area contributed by atoms with Crippen molar-refractivity contribution in [2.45, 2.75) is 6.04 Å². The van der Waals surface area contributed by atoms with Gasteiger partial charge >= 0.3 is 5.91 Å². The van der Waals surface area contributed by atoms with E-state index < -0.39 is 22.7 Å². The molecule has 1 aliphatic rings. The Morgan fingerprint density at radius 1 is 0.967 bits per heavy atom. The number of amides is 1. The molecule has 2 aromatic carbocycles. The maximum absolute atomic E-state index is 12.9. The topological polar surface area (TPSA) is 127 Å². The number of carbonyl (C=O) groups is 2. The van der Waals surface area contributed by atoms with E-state index in [-0.39, 0.29) is 23.0 Å². The van der Waals surface area contributed by atoms with Crippen molar-refractivity contribution in [2.24, 2.45) is 0 Å². The van der Waals surface area contributed by atoms with Crippen LogP contribution in [0.4, 0.5) is 11.6 Å². The highest BCUT2D eigenvalue weighted by molar-refractivity contribution is 6.51. The Morgan fingerprint density at radius 2 is 1.60 bits per heavy atom. The Labute approximate surface area is 170 Å². The Morgan fingerprint density at radius 3 is 2.20 bits per heavy atom. The molecule has 30 heavy (non-hydrogen) atoms. The average Bonchev–Trinajstić information content (AvgIpc) is 3.05. The first-order chi connectivity index (χ1) is 14.5. The first-order valence-electron chi connectivity index (χ1n) is 8.87. The van der Waals surface area contributed by atoms with Crippen LogP contribution in [0.2, 0.25) is 0 Å². The van der Waals surface area contributed by atoms with Gasteiger partial charge in [0, 0.05) is 30.1 Å². The summed E-state index contributed by atoms with van der Waals surface area (Å²) in [5, 5.41) is 21.9. The summed E-state index contributed by atoms with van der Waals surface area (Å²) in [5.74, 6) is -2.17. The summed E-state index contributed by atoms with van der Waals surface area (Å²) in [6, 6.07) is 14.3. The van der Waals surface area contributed by atoms with Crippen molar-refractivity contribution in [3.63, 3.8) is 0 Å². The van der Waals surface area contributed by atoms with Crippen LogP contribution in [0.5, 0.6) is 0 Å². The molecule has 2 heterocycles. The molecule has 1 saturated heterocycles. The van der Waals surface area contributed by atoms with Gasteiger partial charge in [0.15, 0.2) is 0 Å². The second-order valence-electron chi connectivity index (χ2n) is 6.43. The zero-order valence-electron chi connectivity index (χ0n) is 15.4. The van der Waals surface area contributed by atoms with Gasteiger partial charge in [0.05, 0.1) is 16.5 Å². The van der Waals surface area contributed by atoms with E-state index in [2.05, 4.69) is 9.97 Å². The monoisotopic (exact) mass is 402 g/mol. The van der Waals surface area contributed by atoms with Gasteiger partial charge in [-0.25, -0.2) is 9.97 Å². The number of nitrogens with zero attached hydrogens (tertiary/aromatic N) is 4. The molecule has 0 aliphatic carbocycles. The first-order valence-corrected chi connectivity index (χ1v) is 8.87. The number of hydrogen-bond acceptors (Lipinski definition) is 7. The Bertz CT molecular complexity index is 1160. The molecular weight excluding hydrogens is 388 g/mol. The smallest absolute Gasteiger partial charge is 0.302 e. The molecule has 0 saturated carbocycles. The van der Waals surface area contributed by atoms with Gasteiger partial charge in [0.2, 0.25) is 5.95 Å². The summed E-state index contributed by atoms with van der Waals surface area (Å²) in [5.41, 5.74) is 0.461. The standard InChI is InChI=1S/C21H14N4O5/c26-18(14-5-2-1-3-6-14)16-17(13-7-9-15(10-8-13)25(29)30)24(20(28)19(16)27)21-22-11-4-12-23-21/h1-12,17,26H/b18-16-. The van der Waals surface area contributed by atoms with Crippen molar-refractivity contribution < 1.29 is 19.6 Å². The van der Waals surface area contributed by atoms with E-state index in [0.29, 0.717) is 11.1 Å². The number of ketones is 1. The van der Waals surface area contributed by atoms with E-state index >= 15 is 0 Å². The molecule has 1 N–H and O–H groups in total. The van der Waals surface area contributed by atoms with Crippen LogP contribution in [0.3, 0.4) is 0 Å². The largest absolute Gasteiger partial charge is 0.507 e. The van der Waals surface area contributed by atoms with E-state index in [0.717, 1.165) is 4.90 Å². The number of hydrogen-bond donors (Lipinski definition) is 1. The summed E-state index contributed by atoms with van der Waals surface area (Å²) in [6.45, 7) is 0. The lowest BCUT2D eigenvalue weighted by atomic mass is 9.95. The normalized spacial score (nSPS) is 17.9. The van der Waals surface area contributed by atoms with Crippen molar-refractivity contribution in [3.8, 4) is 0 Å². The number of benzene rings is 2. The molecule has 0 bridgehead atoms. The Balaban J connectivity index is 1.93. The number of aliphatic hydroxyl groups is 1. The van der Waals surface area contributed by atoms with Crippen molar-refractivity contribution in [1.82, 2.24) is 9.97 Å². The van der Waals surface area contributed by atoms with Crippen LogP contribution in [-0.4, -0.2) is 31.7 Å². The highest BCUT2D eigenvalue weighted by Gasteiger charge is 2.48. The number of aliphatic hydroxyl groups excluding tert-OH is 1. The predicted octanol–water partition coefficient (Wildman–Crippen LogP) is 3.01. The molecule has 1 aromatic heterocycles. The first kappa shape index (κ1) is 18.9. The van der Waals surface area contributed by atoms with Crippen molar-refractivity contribution in [3.05, 3.63) is 99.9 Å². The zero-order valence-corrected chi connectivity index (χ0v) is 15.4. The van der Waals surface area contributed by atoms with E-state index in [1.807, 2.05) is 0 Å². The van der Waals surface area contributed by atoms with Gasteiger partial charge in [-0.15, -0.1) is 0 Å². The van der Waals surface area contributed by atoms with Crippen LogP contribution in [0.25, 0.3) is 5.76 Å². The van der Waals surface area contributed by atoms with Crippen LogP contribution < -0.4 is 4.90 Å². The molecule has 148 valence electrons. The molecule has 0 spiro atoms. The summed E-state index contributed by atoms with van der Waals surface area (Å²) in [4.78, 5) is 45.4. The molecule has 1 fully saturated rings. The van der Waals surface area contributed by atoms with Gasteiger partial charge in [0.1, 0.15) is 5.76 Å². The van der Waals surface area contributed by atoms with E-state index in [4.69, 9.17) is 0 Å². The van der Waals surface area contributed by atoms with Crippen molar-refractivity contribution in [1.29, 1.82) is 0 Å². The van der Waals surface area contributed by atoms with Gasteiger partial charge in [-0.3, -0.25) is 24.6 Å². The average molecular weight is 402 g/mol. The lowest BCUT2D eigenvalue weighted by Gasteiger charge is -2.23. The third-order valence-corrected chi connectivity index (χ3v) is 4.68. The number of carbonyl (C=O) groups excluding carboxylic acids is 2. The van der Waals surface area contributed by atoms with Gasteiger partial charge in [-0.05, 0) is 23.8 Å². The van der Waals surface area contributed by atoms with E-state index in [9.17, 15) is 24.8 Å². The zero-order chi connectivity index (χ0) is 21.3. The fraction of sp³-hybridized carbons (Fsp3) is 0.0476. The number of aromatic nitrogens is 2. The molecule has 1 aliphatic heterocycles. The molecular formula is C21H14N4O5. The third-order valence-electron chi connectivity index (χ3n) is 4.68. The minimum Gasteiger partial charge on any atom is -0.507 e. The molecule has 0 radical (unpaired) electrons. The molecule has 1 amide bonds. The lowest BCUT2D eigenvalue weighted by Crippen LogP contribution is -2.31. The maximum Gasteiger partial charge on any atom is 0.302 e. The van der Waals surface area contributed by atoms with Crippen LogP contribution in [-0.2, 0) is 9.59 Å². The van der Waals surface area contributed by atoms with Crippen molar-refractivity contribution in [2.75, 3.05) is 4.90 Å². The highest BCUT2D eigenvalue weighted by atomic mass is 16.6. The van der Waals surface area contributed by atoms with Crippen molar-refractivity contribution >= 4 is 29.1 Å². The minimum atomic E-state index is -1.05. The van der Waals surface area contributed by atoms with Gasteiger partial charge < -0.3 is 5.11 Å². The Kier molecular flexibility index (Phi) is 4.77. The molecule has 9 heteroatoms. The number of anilines is 1. The second kappa shape index (κ2) is 7.55. The maximum atomic E-state index is 12.9. The van der Waals surface area contributed by atoms with E-state index in [1.54, 1.807) is 36.4 Å². The predicted molar refractivity (Wildman–Crippen MR) is 106 cm³/mol. The number of Topliss-reactive ketones (excluding diaryl/α,β-unsaturated/α-hetero) is 1. The summed E-state index contributed by atoms with van der Waals surface area (Å²) in [6.07, 6.45) is 2.84. The fourth-order valence-electron chi connectivity index (χ4n) is 3.30.